The van der Waals surface area contributed by atoms with Crippen LogP contribution in [0.3, 0.4) is 0 Å². The Morgan fingerprint density at radius 3 is 1.73 bits per heavy atom. The first-order chi connectivity index (χ1) is 24.6. The van der Waals surface area contributed by atoms with Crippen LogP contribution in [0.2, 0.25) is 0 Å². The minimum atomic E-state index is -4.54. The van der Waals surface area contributed by atoms with Crippen LogP contribution in [0, 0.1) is 0 Å². The minimum absolute atomic E-state index is 0.00840. The quantitative estimate of drug-likeness (QED) is 0.0158. The number of esters is 1. The van der Waals surface area contributed by atoms with Crippen LogP contribution >= 0.6 is 7.82 Å². The second-order valence-corrected chi connectivity index (χ2v) is 15.8. The van der Waals surface area contributed by atoms with Gasteiger partial charge < -0.3 is 27.9 Å². The van der Waals surface area contributed by atoms with Crippen molar-refractivity contribution < 1.29 is 37.3 Å². The first-order valence-electron chi connectivity index (χ1n) is 20.1. The van der Waals surface area contributed by atoms with Crippen molar-refractivity contribution in [3.05, 3.63) is 60.9 Å². The summed E-state index contributed by atoms with van der Waals surface area (Å²) in [4.78, 5) is 24.9. The molecule has 0 aromatic carbocycles. The molecule has 0 N–H and O–H groups in total. The van der Waals surface area contributed by atoms with Crippen molar-refractivity contribution in [1.29, 1.82) is 0 Å². The Morgan fingerprint density at radius 2 is 1.16 bits per heavy atom. The first-order valence-corrected chi connectivity index (χ1v) is 21.6. The van der Waals surface area contributed by atoms with Crippen LogP contribution in [0.25, 0.3) is 0 Å². The molecule has 0 fully saturated rings. The summed E-state index contributed by atoms with van der Waals surface area (Å²) in [5.74, 6) is -0.381. The largest absolute Gasteiger partial charge is 0.756 e. The number of carbonyl (C=O) groups is 1. The summed E-state index contributed by atoms with van der Waals surface area (Å²) in [5.41, 5.74) is 0. The molecule has 0 amide bonds. The summed E-state index contributed by atoms with van der Waals surface area (Å²) in [6.45, 7) is 4.55. The number of likely N-dealkylation sites (N-methyl/N-ethyl adjacent to an activating group) is 1. The average Bonchev–Trinajstić information content (AvgIpc) is 3.08. The van der Waals surface area contributed by atoms with Crippen LogP contribution < -0.4 is 4.89 Å². The lowest BCUT2D eigenvalue weighted by Crippen LogP contribution is -2.37. The average molecular weight is 738 g/mol. The molecule has 0 spiro atoms. The normalized spacial score (nSPS) is 14.5. The molecule has 9 heteroatoms. The van der Waals surface area contributed by atoms with E-state index in [1.807, 2.05) is 57.6 Å². The number of phosphoric ester groups is 1. The van der Waals surface area contributed by atoms with Crippen molar-refractivity contribution in [3.8, 4) is 0 Å². The third-order valence-electron chi connectivity index (χ3n) is 8.24. The van der Waals surface area contributed by atoms with Crippen molar-refractivity contribution in [1.82, 2.24) is 0 Å². The van der Waals surface area contributed by atoms with Crippen molar-refractivity contribution in [2.45, 2.75) is 155 Å². The summed E-state index contributed by atoms with van der Waals surface area (Å²) in [6, 6.07) is 0. The van der Waals surface area contributed by atoms with Gasteiger partial charge in [-0.3, -0.25) is 9.36 Å². The zero-order valence-electron chi connectivity index (χ0n) is 33.3. The van der Waals surface area contributed by atoms with Gasteiger partial charge in [0.05, 0.1) is 34.0 Å². The molecule has 2 atom stereocenters. The highest BCUT2D eigenvalue weighted by Crippen LogP contribution is 2.38. The number of rotatable bonds is 36. The van der Waals surface area contributed by atoms with Crippen molar-refractivity contribution in [2.24, 2.45) is 0 Å². The number of phosphoric acid groups is 1. The van der Waals surface area contributed by atoms with Gasteiger partial charge in [-0.25, -0.2) is 0 Å². The van der Waals surface area contributed by atoms with E-state index < -0.39 is 13.9 Å². The highest BCUT2D eigenvalue weighted by atomic mass is 31.2. The Hall–Kier alpha value is -1.96. The number of quaternary nitrogens is 1. The zero-order chi connectivity index (χ0) is 37.7. The summed E-state index contributed by atoms with van der Waals surface area (Å²) >= 11 is 0. The van der Waals surface area contributed by atoms with E-state index in [9.17, 15) is 14.3 Å². The maximum atomic E-state index is 12.6. The van der Waals surface area contributed by atoms with Gasteiger partial charge in [0.2, 0.25) is 0 Å². The summed E-state index contributed by atoms with van der Waals surface area (Å²) in [6.07, 6.45) is 43.2. The Labute approximate surface area is 313 Å². The van der Waals surface area contributed by atoms with E-state index in [2.05, 4.69) is 32.1 Å². The molecule has 0 bridgehead atoms. The first kappa shape index (κ1) is 49.0. The molecule has 51 heavy (non-hydrogen) atoms. The van der Waals surface area contributed by atoms with Crippen molar-refractivity contribution >= 4 is 13.8 Å². The Balaban J connectivity index is 4.40. The minimum Gasteiger partial charge on any atom is -0.756 e. The second-order valence-electron chi connectivity index (χ2n) is 14.4. The lowest BCUT2D eigenvalue weighted by atomic mass is 10.0. The number of allylic oxidation sites excluding steroid dienone is 9. The summed E-state index contributed by atoms with van der Waals surface area (Å²) < 4.78 is 34.2. The Morgan fingerprint density at radius 1 is 0.647 bits per heavy atom. The molecule has 296 valence electrons. The number of hydrogen-bond acceptors (Lipinski definition) is 7. The monoisotopic (exact) mass is 738 g/mol. The van der Waals surface area contributed by atoms with Crippen LogP contribution in [0.1, 0.15) is 149 Å². The van der Waals surface area contributed by atoms with Crippen molar-refractivity contribution in [2.75, 3.05) is 47.5 Å². The van der Waals surface area contributed by atoms with Gasteiger partial charge in [-0.1, -0.05) is 152 Å². The molecule has 0 radical (unpaired) electrons. The van der Waals surface area contributed by atoms with Crippen molar-refractivity contribution in [3.63, 3.8) is 0 Å². The van der Waals surface area contributed by atoms with Crippen LogP contribution in [0.15, 0.2) is 60.9 Å². The SMILES string of the molecule is CC/C=C/C=C/C=C/C=C/CCCCCCCC(=O)O[C@H](CO/C=C/CCCCCCCCCCCCCC)COP(=O)([O-])OCC[N+](C)(C)C. The standard InChI is InChI=1S/C42H76NO7P/c1-6-8-10-12-14-16-18-20-22-23-25-27-29-31-33-35-42(44)50-41(40-49-51(45,46)48-38-36-43(3,4)5)39-47-37-34-32-30-28-26-24-21-19-17-15-13-11-9-7-2/h8,10,12,14,16,18,20,22,34,37,41H,6-7,9,11,13,15,17,19,21,23-33,35-36,38-40H2,1-5H3/b10-8+,14-12+,18-16+,22-20+,37-34+/t41-/m1/s1. The van der Waals surface area contributed by atoms with Gasteiger partial charge in [0.1, 0.15) is 19.8 Å². The van der Waals surface area contributed by atoms with E-state index in [0.29, 0.717) is 11.0 Å². The molecule has 0 aliphatic rings. The summed E-state index contributed by atoms with van der Waals surface area (Å²) in [5, 5.41) is 0. The molecule has 0 saturated heterocycles. The maximum Gasteiger partial charge on any atom is 0.306 e. The maximum absolute atomic E-state index is 12.6. The van der Waals surface area contributed by atoms with Gasteiger partial charge in [-0.15, -0.1) is 0 Å². The van der Waals surface area contributed by atoms with E-state index in [1.165, 1.54) is 70.6 Å². The fraction of sp³-hybridized carbons (Fsp3) is 0.738. The van der Waals surface area contributed by atoms with Crippen LogP contribution in [0.4, 0.5) is 0 Å². The molecule has 0 rings (SSSR count). The number of carbonyl (C=O) groups excluding carboxylic acids is 1. The molecule has 0 aliphatic heterocycles. The molecule has 0 saturated carbocycles. The molecular formula is C42H76NO7P. The van der Waals surface area contributed by atoms with Crippen LogP contribution in [-0.4, -0.2) is 64.1 Å². The number of nitrogens with zero attached hydrogens (tertiary/aromatic N) is 1. The third kappa shape index (κ3) is 39.1. The fourth-order valence-corrected chi connectivity index (χ4v) is 5.84. The molecule has 0 aromatic heterocycles. The van der Waals surface area contributed by atoms with E-state index in [0.717, 1.165) is 57.8 Å². The van der Waals surface area contributed by atoms with E-state index in [1.54, 1.807) is 6.26 Å². The Bertz CT molecular complexity index is 1000. The van der Waals surface area contributed by atoms with Crippen LogP contribution in [0.5, 0.6) is 0 Å². The lowest BCUT2D eigenvalue weighted by Gasteiger charge is -2.28. The molecule has 0 aliphatic carbocycles. The molecule has 0 heterocycles. The number of hydrogen-bond donors (Lipinski definition) is 0. The number of unbranched alkanes of at least 4 members (excludes halogenated alkanes) is 17. The van der Waals surface area contributed by atoms with Gasteiger partial charge in [0, 0.05) is 6.42 Å². The van der Waals surface area contributed by atoms with Crippen LogP contribution in [-0.2, 0) is 27.9 Å². The van der Waals surface area contributed by atoms with Gasteiger partial charge in [0.15, 0.2) is 6.10 Å². The zero-order valence-corrected chi connectivity index (χ0v) is 34.2. The fourth-order valence-electron chi connectivity index (χ4n) is 5.11. The smallest absolute Gasteiger partial charge is 0.306 e. The van der Waals surface area contributed by atoms with E-state index >= 15 is 0 Å². The van der Waals surface area contributed by atoms with Gasteiger partial charge in [-0.2, -0.15) is 0 Å². The van der Waals surface area contributed by atoms with Gasteiger partial charge in [-0.05, 0) is 44.6 Å². The van der Waals surface area contributed by atoms with E-state index in [-0.39, 0.29) is 32.2 Å². The predicted octanol–water partition coefficient (Wildman–Crippen LogP) is 11.1. The van der Waals surface area contributed by atoms with Gasteiger partial charge in [0.25, 0.3) is 7.82 Å². The molecule has 8 nitrogen and oxygen atoms in total. The number of ether oxygens (including phenoxy) is 2. The van der Waals surface area contributed by atoms with Gasteiger partial charge >= 0.3 is 5.97 Å². The summed E-state index contributed by atoms with van der Waals surface area (Å²) in [7, 11) is 1.30. The predicted molar refractivity (Wildman–Crippen MR) is 212 cm³/mol. The topological polar surface area (TPSA) is 94.1 Å². The molecule has 1 unspecified atom stereocenters. The highest BCUT2D eigenvalue weighted by molar-refractivity contribution is 7.45. The lowest BCUT2D eigenvalue weighted by molar-refractivity contribution is -0.870. The third-order valence-corrected chi connectivity index (χ3v) is 9.21. The Kier molecular flexibility index (Phi) is 33.7. The second kappa shape index (κ2) is 35.1. The molecule has 0 aromatic rings. The molecular weight excluding hydrogens is 661 g/mol. The highest BCUT2D eigenvalue weighted by Gasteiger charge is 2.20. The van der Waals surface area contributed by atoms with E-state index in [4.69, 9.17) is 18.5 Å².